The van der Waals surface area contributed by atoms with Gasteiger partial charge in [0.05, 0.1) is 16.9 Å². The van der Waals surface area contributed by atoms with Crippen molar-refractivity contribution >= 4 is 16.6 Å². The van der Waals surface area contributed by atoms with Gasteiger partial charge in [0.2, 0.25) is 5.89 Å². The molecule has 1 fully saturated rings. The highest BCUT2D eigenvalue weighted by molar-refractivity contribution is 5.91. The fourth-order valence-corrected chi connectivity index (χ4v) is 4.46. The molecule has 164 valence electrons. The molecule has 0 aliphatic carbocycles. The molecule has 1 aliphatic heterocycles. The van der Waals surface area contributed by atoms with Crippen LogP contribution in [-0.4, -0.2) is 41.0 Å². The molecule has 0 N–H and O–H groups in total. The fourth-order valence-electron chi connectivity index (χ4n) is 4.46. The molecule has 3 heterocycles. The van der Waals surface area contributed by atoms with E-state index in [4.69, 9.17) is 14.4 Å². The Balaban J connectivity index is 1.31. The summed E-state index contributed by atoms with van der Waals surface area (Å²) < 4.78 is 5.74. The second-order valence-corrected chi connectivity index (χ2v) is 8.90. The molecule has 0 atom stereocenters. The van der Waals surface area contributed by atoms with Crippen LogP contribution in [0.4, 0.5) is 5.69 Å². The van der Waals surface area contributed by atoms with E-state index in [0.29, 0.717) is 11.8 Å². The number of hydrogen-bond donors (Lipinski definition) is 0. The number of nitrogens with zero attached hydrogens (tertiary/aromatic N) is 4. The Morgan fingerprint density at radius 1 is 0.969 bits per heavy atom. The average Bonchev–Trinajstić information content (AvgIpc) is 3.17. The van der Waals surface area contributed by atoms with Gasteiger partial charge in [-0.15, -0.1) is 0 Å². The van der Waals surface area contributed by atoms with E-state index in [1.54, 1.807) is 6.26 Å². The lowest BCUT2D eigenvalue weighted by Gasteiger charge is -2.25. The van der Waals surface area contributed by atoms with Crippen molar-refractivity contribution in [3.8, 4) is 11.5 Å². The second kappa shape index (κ2) is 9.13. The molecule has 0 radical (unpaired) electrons. The zero-order valence-corrected chi connectivity index (χ0v) is 18.9. The minimum absolute atomic E-state index is 0.493. The third kappa shape index (κ3) is 4.39. The third-order valence-electron chi connectivity index (χ3n) is 6.26. The molecule has 32 heavy (non-hydrogen) atoms. The SMILES string of the molecule is CC(C)c1cc(N2CCCN(Cc3coc(-c4ccccc4)n3)CC2)c2ncccc2c1. The zero-order chi connectivity index (χ0) is 21.9. The first-order valence-electron chi connectivity index (χ1n) is 11.5. The minimum atomic E-state index is 0.493. The average molecular weight is 427 g/mol. The van der Waals surface area contributed by atoms with Crippen molar-refractivity contribution in [2.75, 3.05) is 31.1 Å². The van der Waals surface area contributed by atoms with E-state index < -0.39 is 0 Å². The quantitative estimate of drug-likeness (QED) is 0.408. The molecular weight excluding hydrogens is 396 g/mol. The van der Waals surface area contributed by atoms with Crippen molar-refractivity contribution in [3.05, 3.63) is 78.3 Å². The lowest BCUT2D eigenvalue weighted by Crippen LogP contribution is -2.30. The Labute approximate surface area is 189 Å². The van der Waals surface area contributed by atoms with Crippen LogP contribution in [0.15, 0.2) is 71.5 Å². The van der Waals surface area contributed by atoms with Crippen LogP contribution < -0.4 is 4.90 Å². The van der Waals surface area contributed by atoms with E-state index in [1.807, 2.05) is 42.6 Å². The molecule has 5 rings (SSSR count). The van der Waals surface area contributed by atoms with Crippen LogP contribution in [0.2, 0.25) is 0 Å². The van der Waals surface area contributed by atoms with E-state index in [-0.39, 0.29) is 0 Å². The lowest BCUT2D eigenvalue weighted by atomic mass is 9.99. The van der Waals surface area contributed by atoms with Crippen LogP contribution in [0, 0.1) is 0 Å². The molecule has 4 aromatic rings. The summed E-state index contributed by atoms with van der Waals surface area (Å²) in [5.74, 6) is 1.19. The largest absolute Gasteiger partial charge is 0.444 e. The van der Waals surface area contributed by atoms with Crippen molar-refractivity contribution in [1.82, 2.24) is 14.9 Å². The van der Waals surface area contributed by atoms with E-state index in [1.165, 1.54) is 16.6 Å². The topological polar surface area (TPSA) is 45.4 Å². The summed E-state index contributed by atoms with van der Waals surface area (Å²) >= 11 is 0. The van der Waals surface area contributed by atoms with Gasteiger partial charge >= 0.3 is 0 Å². The summed E-state index contributed by atoms with van der Waals surface area (Å²) in [6, 6.07) is 18.9. The Morgan fingerprint density at radius 2 is 1.84 bits per heavy atom. The highest BCUT2D eigenvalue weighted by atomic mass is 16.3. The fraction of sp³-hybridized carbons (Fsp3) is 0.333. The first-order chi connectivity index (χ1) is 15.7. The Bertz CT molecular complexity index is 1180. The molecule has 0 saturated carbocycles. The van der Waals surface area contributed by atoms with Gasteiger partial charge in [-0.1, -0.05) is 38.1 Å². The Kier molecular flexibility index (Phi) is 5.91. The van der Waals surface area contributed by atoms with Gasteiger partial charge < -0.3 is 9.32 Å². The van der Waals surface area contributed by atoms with Gasteiger partial charge in [-0.2, -0.15) is 0 Å². The van der Waals surface area contributed by atoms with Crippen molar-refractivity contribution in [2.24, 2.45) is 0 Å². The van der Waals surface area contributed by atoms with Gasteiger partial charge in [0.25, 0.3) is 0 Å². The lowest BCUT2D eigenvalue weighted by molar-refractivity contribution is 0.282. The molecule has 0 amide bonds. The highest BCUT2D eigenvalue weighted by Crippen LogP contribution is 2.31. The summed E-state index contributed by atoms with van der Waals surface area (Å²) in [5.41, 5.74) is 5.75. The van der Waals surface area contributed by atoms with E-state index >= 15 is 0 Å². The molecule has 5 heteroatoms. The molecule has 0 unspecified atom stereocenters. The number of pyridine rings is 1. The van der Waals surface area contributed by atoms with Crippen molar-refractivity contribution in [2.45, 2.75) is 32.7 Å². The first kappa shape index (κ1) is 20.7. The Hall–Kier alpha value is -3.18. The highest BCUT2D eigenvalue weighted by Gasteiger charge is 2.20. The number of rotatable bonds is 5. The van der Waals surface area contributed by atoms with Gasteiger partial charge in [0.15, 0.2) is 0 Å². The summed E-state index contributed by atoms with van der Waals surface area (Å²) in [6.07, 6.45) is 4.82. The van der Waals surface area contributed by atoms with Crippen LogP contribution in [0.5, 0.6) is 0 Å². The van der Waals surface area contributed by atoms with Crippen molar-refractivity contribution < 1.29 is 4.42 Å². The number of benzene rings is 2. The van der Waals surface area contributed by atoms with Crippen LogP contribution in [0.1, 0.15) is 37.4 Å². The van der Waals surface area contributed by atoms with Gasteiger partial charge in [-0.25, -0.2) is 4.98 Å². The predicted octanol–water partition coefficient (Wildman–Crippen LogP) is 5.73. The summed E-state index contributed by atoms with van der Waals surface area (Å²) in [6.45, 7) is 9.40. The zero-order valence-electron chi connectivity index (χ0n) is 18.9. The molecule has 2 aromatic heterocycles. The van der Waals surface area contributed by atoms with Crippen molar-refractivity contribution in [3.63, 3.8) is 0 Å². The van der Waals surface area contributed by atoms with Crippen LogP contribution in [-0.2, 0) is 6.54 Å². The van der Waals surface area contributed by atoms with Crippen LogP contribution in [0.25, 0.3) is 22.4 Å². The van der Waals surface area contributed by atoms with Gasteiger partial charge in [-0.05, 0) is 48.2 Å². The predicted molar refractivity (Wildman–Crippen MR) is 130 cm³/mol. The van der Waals surface area contributed by atoms with Gasteiger partial charge in [-0.3, -0.25) is 9.88 Å². The monoisotopic (exact) mass is 426 g/mol. The molecule has 0 bridgehead atoms. The number of fused-ring (bicyclic) bond motifs is 1. The first-order valence-corrected chi connectivity index (χ1v) is 11.5. The van der Waals surface area contributed by atoms with E-state index in [9.17, 15) is 0 Å². The number of anilines is 1. The maximum atomic E-state index is 5.74. The molecule has 0 spiro atoms. The molecular formula is C27H30N4O. The Morgan fingerprint density at radius 3 is 2.69 bits per heavy atom. The maximum Gasteiger partial charge on any atom is 0.226 e. The second-order valence-electron chi connectivity index (χ2n) is 8.90. The van der Waals surface area contributed by atoms with E-state index in [2.05, 4.69) is 41.8 Å². The molecule has 1 saturated heterocycles. The van der Waals surface area contributed by atoms with Crippen molar-refractivity contribution in [1.29, 1.82) is 0 Å². The molecule has 2 aromatic carbocycles. The van der Waals surface area contributed by atoms with Crippen LogP contribution in [0.3, 0.4) is 0 Å². The summed E-state index contributed by atoms with van der Waals surface area (Å²) in [4.78, 5) is 14.4. The summed E-state index contributed by atoms with van der Waals surface area (Å²) in [7, 11) is 0. The van der Waals surface area contributed by atoms with E-state index in [0.717, 1.165) is 55.9 Å². The standard InChI is InChI=1S/C27H30N4O/c1-20(2)23-16-22-10-6-11-28-26(22)25(17-23)31-13-7-12-30(14-15-31)18-24-19-32-27(29-24)21-8-4-3-5-9-21/h3-6,8-11,16-17,19-20H,7,12-15,18H2,1-2H3. The molecule has 5 nitrogen and oxygen atoms in total. The maximum absolute atomic E-state index is 5.74. The number of aromatic nitrogens is 2. The normalized spacial score (nSPS) is 15.4. The number of hydrogen-bond acceptors (Lipinski definition) is 5. The van der Waals surface area contributed by atoms with Gasteiger partial charge in [0.1, 0.15) is 6.26 Å². The number of oxazole rings is 1. The molecule has 1 aliphatic rings. The minimum Gasteiger partial charge on any atom is -0.444 e. The van der Waals surface area contributed by atoms with Crippen LogP contribution >= 0.6 is 0 Å². The smallest absolute Gasteiger partial charge is 0.226 e. The van der Waals surface area contributed by atoms with Gasteiger partial charge in [0, 0.05) is 49.9 Å². The third-order valence-corrected chi connectivity index (χ3v) is 6.26. The summed E-state index contributed by atoms with van der Waals surface area (Å²) in [5, 5.41) is 1.23.